The van der Waals surface area contributed by atoms with E-state index in [-0.39, 0.29) is 5.02 Å². The van der Waals surface area contributed by atoms with E-state index in [0.29, 0.717) is 27.6 Å². The van der Waals surface area contributed by atoms with E-state index in [9.17, 15) is 4.39 Å². The van der Waals surface area contributed by atoms with Gasteiger partial charge < -0.3 is 9.47 Å². The molecular weight excluding hydrogens is 338 g/mol. The summed E-state index contributed by atoms with van der Waals surface area (Å²) >= 11 is 18.6. The van der Waals surface area contributed by atoms with Crippen LogP contribution in [0, 0.1) is 5.82 Å². The zero-order chi connectivity index (χ0) is 15.6. The standard InChI is InChI=1S/C15H12Cl3FO2/c1-20-11-7-6-9(15(21-2)14(11)18)12(16)8-4-3-5-10(19)13(8)17/h3-7,12H,1-2H3. The topological polar surface area (TPSA) is 18.5 Å². The van der Waals surface area contributed by atoms with Crippen LogP contribution in [-0.2, 0) is 0 Å². The van der Waals surface area contributed by atoms with Crippen LogP contribution < -0.4 is 9.47 Å². The molecule has 21 heavy (non-hydrogen) atoms. The van der Waals surface area contributed by atoms with Crippen molar-refractivity contribution in [3.63, 3.8) is 0 Å². The number of ether oxygens (including phenoxy) is 2. The van der Waals surface area contributed by atoms with Gasteiger partial charge in [0.2, 0.25) is 0 Å². The summed E-state index contributed by atoms with van der Waals surface area (Å²) in [4.78, 5) is 0. The van der Waals surface area contributed by atoms with Crippen LogP contribution in [0.25, 0.3) is 0 Å². The fraction of sp³-hybridized carbons (Fsp3) is 0.200. The summed E-state index contributed by atoms with van der Waals surface area (Å²) in [6.45, 7) is 0. The molecule has 0 bridgehead atoms. The van der Waals surface area contributed by atoms with Gasteiger partial charge in [-0.25, -0.2) is 4.39 Å². The van der Waals surface area contributed by atoms with Crippen molar-refractivity contribution in [3.8, 4) is 11.5 Å². The first-order chi connectivity index (χ1) is 10.0. The Labute approximate surface area is 137 Å². The van der Waals surface area contributed by atoms with Gasteiger partial charge in [0.1, 0.15) is 22.3 Å². The Balaban J connectivity index is 2.56. The van der Waals surface area contributed by atoms with E-state index in [1.54, 1.807) is 24.3 Å². The molecule has 0 saturated carbocycles. The first kappa shape index (κ1) is 16.2. The Morgan fingerprint density at radius 2 is 1.67 bits per heavy atom. The highest BCUT2D eigenvalue weighted by molar-refractivity contribution is 6.35. The number of methoxy groups -OCH3 is 2. The molecule has 0 aliphatic rings. The first-order valence-corrected chi connectivity index (χ1v) is 7.18. The summed E-state index contributed by atoms with van der Waals surface area (Å²) < 4.78 is 24.0. The zero-order valence-electron chi connectivity index (χ0n) is 11.3. The lowest BCUT2D eigenvalue weighted by Gasteiger charge is -2.18. The van der Waals surface area contributed by atoms with E-state index >= 15 is 0 Å². The second-order valence-electron chi connectivity index (χ2n) is 4.21. The van der Waals surface area contributed by atoms with Crippen LogP contribution in [-0.4, -0.2) is 14.2 Å². The maximum absolute atomic E-state index is 13.6. The lowest BCUT2D eigenvalue weighted by molar-refractivity contribution is 0.392. The molecule has 0 radical (unpaired) electrons. The minimum atomic E-state index is -0.702. The fourth-order valence-corrected chi connectivity index (χ4v) is 2.97. The van der Waals surface area contributed by atoms with Crippen molar-refractivity contribution in [1.82, 2.24) is 0 Å². The molecule has 0 aliphatic heterocycles. The molecule has 2 aromatic carbocycles. The van der Waals surface area contributed by atoms with Crippen molar-refractivity contribution in [2.75, 3.05) is 14.2 Å². The van der Waals surface area contributed by atoms with Gasteiger partial charge in [-0.2, -0.15) is 0 Å². The molecule has 112 valence electrons. The second-order valence-corrected chi connectivity index (χ2v) is 5.40. The number of hydrogen-bond acceptors (Lipinski definition) is 2. The first-order valence-electron chi connectivity index (χ1n) is 5.99. The second kappa shape index (κ2) is 6.73. The SMILES string of the molecule is COc1ccc(C(Cl)c2cccc(F)c2Cl)c(OC)c1Cl. The van der Waals surface area contributed by atoms with Crippen LogP contribution in [0.2, 0.25) is 10.0 Å². The number of halogens is 4. The van der Waals surface area contributed by atoms with Crippen molar-refractivity contribution < 1.29 is 13.9 Å². The summed E-state index contributed by atoms with van der Waals surface area (Å²) in [5.74, 6) is 0.307. The zero-order valence-corrected chi connectivity index (χ0v) is 13.6. The third-order valence-electron chi connectivity index (χ3n) is 3.04. The molecule has 0 heterocycles. The van der Waals surface area contributed by atoms with Crippen LogP contribution in [0.5, 0.6) is 11.5 Å². The number of benzene rings is 2. The van der Waals surface area contributed by atoms with Gasteiger partial charge in [0.15, 0.2) is 0 Å². The lowest BCUT2D eigenvalue weighted by atomic mass is 10.0. The molecule has 2 aromatic rings. The minimum Gasteiger partial charge on any atom is -0.495 e. The third-order valence-corrected chi connectivity index (χ3v) is 4.27. The van der Waals surface area contributed by atoms with E-state index in [1.807, 2.05) is 0 Å². The number of rotatable bonds is 4. The molecular formula is C15H12Cl3FO2. The quantitative estimate of drug-likeness (QED) is 0.681. The van der Waals surface area contributed by atoms with Crippen molar-refractivity contribution >= 4 is 34.8 Å². The normalized spacial score (nSPS) is 12.1. The Morgan fingerprint density at radius 3 is 2.29 bits per heavy atom. The summed E-state index contributed by atoms with van der Waals surface area (Å²) in [6.07, 6.45) is 0. The van der Waals surface area contributed by atoms with E-state index in [2.05, 4.69) is 0 Å². The molecule has 2 rings (SSSR count). The average Bonchev–Trinajstić information content (AvgIpc) is 2.49. The van der Waals surface area contributed by atoms with Crippen molar-refractivity contribution in [3.05, 3.63) is 57.3 Å². The van der Waals surface area contributed by atoms with Crippen LogP contribution in [0.1, 0.15) is 16.5 Å². The third kappa shape index (κ3) is 3.05. The number of alkyl halides is 1. The van der Waals surface area contributed by atoms with Crippen LogP contribution in [0.15, 0.2) is 30.3 Å². The Bertz CT molecular complexity index is 662. The summed E-state index contributed by atoms with van der Waals surface area (Å²) in [6, 6.07) is 7.85. The van der Waals surface area contributed by atoms with Crippen molar-refractivity contribution in [2.24, 2.45) is 0 Å². The summed E-state index contributed by atoms with van der Waals surface area (Å²) in [5, 5.41) is -0.422. The highest BCUT2D eigenvalue weighted by Crippen LogP contribution is 2.44. The Kier molecular flexibility index (Phi) is 5.20. The van der Waals surface area contributed by atoms with Gasteiger partial charge in [-0.05, 0) is 23.8 Å². The predicted octanol–water partition coefficient (Wildman–Crippen LogP) is 5.48. The summed E-state index contributed by atoms with van der Waals surface area (Å²) in [5.41, 5.74) is 1.02. The van der Waals surface area contributed by atoms with Crippen molar-refractivity contribution in [2.45, 2.75) is 5.38 Å². The minimum absolute atomic E-state index is 0.0218. The van der Waals surface area contributed by atoms with E-state index in [0.717, 1.165) is 0 Å². The molecule has 0 aliphatic carbocycles. The summed E-state index contributed by atoms with van der Waals surface area (Å²) in [7, 11) is 2.98. The number of hydrogen-bond donors (Lipinski definition) is 0. The van der Waals surface area contributed by atoms with Gasteiger partial charge in [0.05, 0.1) is 24.6 Å². The van der Waals surface area contributed by atoms with E-state index in [1.165, 1.54) is 20.3 Å². The highest BCUT2D eigenvalue weighted by Gasteiger charge is 2.23. The van der Waals surface area contributed by atoms with Gasteiger partial charge in [-0.3, -0.25) is 0 Å². The van der Waals surface area contributed by atoms with Gasteiger partial charge in [0.25, 0.3) is 0 Å². The van der Waals surface area contributed by atoms with Crippen LogP contribution in [0.3, 0.4) is 0 Å². The molecule has 0 fully saturated rings. The monoisotopic (exact) mass is 348 g/mol. The lowest BCUT2D eigenvalue weighted by Crippen LogP contribution is -2.01. The maximum atomic E-state index is 13.6. The van der Waals surface area contributed by atoms with Crippen LogP contribution >= 0.6 is 34.8 Å². The van der Waals surface area contributed by atoms with E-state index < -0.39 is 11.2 Å². The average molecular weight is 350 g/mol. The molecule has 6 heteroatoms. The smallest absolute Gasteiger partial charge is 0.146 e. The molecule has 1 unspecified atom stereocenters. The van der Waals surface area contributed by atoms with Crippen LogP contribution in [0.4, 0.5) is 4.39 Å². The predicted molar refractivity (Wildman–Crippen MR) is 83.7 cm³/mol. The van der Waals surface area contributed by atoms with Gasteiger partial charge >= 0.3 is 0 Å². The molecule has 0 spiro atoms. The van der Waals surface area contributed by atoms with Gasteiger partial charge in [-0.15, -0.1) is 11.6 Å². The molecule has 0 aromatic heterocycles. The van der Waals surface area contributed by atoms with Gasteiger partial charge in [0, 0.05) is 5.56 Å². The largest absolute Gasteiger partial charge is 0.495 e. The molecule has 0 amide bonds. The Morgan fingerprint density at radius 1 is 0.952 bits per heavy atom. The van der Waals surface area contributed by atoms with Crippen molar-refractivity contribution in [1.29, 1.82) is 0 Å². The fourth-order valence-electron chi connectivity index (χ4n) is 2.00. The van der Waals surface area contributed by atoms with Gasteiger partial charge in [-0.1, -0.05) is 35.3 Å². The molecule has 1 atom stereocenters. The molecule has 0 N–H and O–H groups in total. The molecule has 0 saturated heterocycles. The highest BCUT2D eigenvalue weighted by atomic mass is 35.5. The maximum Gasteiger partial charge on any atom is 0.146 e. The van der Waals surface area contributed by atoms with E-state index in [4.69, 9.17) is 44.3 Å². The molecule has 2 nitrogen and oxygen atoms in total. The Hall–Kier alpha value is -1.16.